The van der Waals surface area contributed by atoms with Gasteiger partial charge in [0.05, 0.1) is 13.2 Å². The summed E-state index contributed by atoms with van der Waals surface area (Å²) in [6.45, 7) is 4.70. The monoisotopic (exact) mass is 324 g/mol. The van der Waals surface area contributed by atoms with E-state index in [0.29, 0.717) is 0 Å². The lowest BCUT2D eigenvalue weighted by Gasteiger charge is -2.25. The first kappa shape index (κ1) is 14.7. The molecule has 0 amide bonds. The van der Waals surface area contributed by atoms with E-state index in [1.807, 2.05) is 24.3 Å². The zero-order valence-electron chi connectivity index (χ0n) is 11.6. The van der Waals surface area contributed by atoms with Crippen molar-refractivity contribution in [1.82, 2.24) is 15.1 Å². The topological polar surface area (TPSA) is 50.3 Å². The number of nitrogens with one attached hydrogen (secondary N) is 1. The van der Waals surface area contributed by atoms with Gasteiger partial charge in [-0.1, -0.05) is 22.9 Å². The van der Waals surface area contributed by atoms with Crippen molar-refractivity contribution in [2.45, 2.75) is 6.42 Å². The van der Waals surface area contributed by atoms with E-state index in [1.54, 1.807) is 11.3 Å². The number of nitrogens with zero attached hydrogens (tertiary/aromatic N) is 3. The summed E-state index contributed by atoms with van der Waals surface area (Å²) in [7, 11) is 0. The largest absolute Gasteiger partial charge is 0.379 e. The molecular formula is C14H17ClN4OS. The van der Waals surface area contributed by atoms with Crippen LogP contribution in [0.4, 0.5) is 10.8 Å². The number of benzene rings is 1. The fraction of sp³-hybridized carbons (Fsp3) is 0.429. The lowest BCUT2D eigenvalue weighted by atomic mass is 10.3. The van der Waals surface area contributed by atoms with E-state index in [0.717, 1.165) is 60.1 Å². The minimum atomic E-state index is 0.726. The average molecular weight is 325 g/mol. The minimum Gasteiger partial charge on any atom is -0.379 e. The van der Waals surface area contributed by atoms with Crippen molar-refractivity contribution in [3.63, 3.8) is 0 Å². The summed E-state index contributed by atoms with van der Waals surface area (Å²) in [6, 6.07) is 7.56. The highest BCUT2D eigenvalue weighted by Gasteiger charge is 2.11. The van der Waals surface area contributed by atoms with E-state index >= 15 is 0 Å². The average Bonchev–Trinajstić information content (AvgIpc) is 2.96. The molecule has 0 bridgehead atoms. The molecule has 3 rings (SSSR count). The van der Waals surface area contributed by atoms with Gasteiger partial charge in [-0.2, -0.15) is 0 Å². The van der Waals surface area contributed by atoms with Crippen LogP contribution in [0.25, 0.3) is 0 Å². The van der Waals surface area contributed by atoms with Gasteiger partial charge in [0, 0.05) is 36.8 Å². The van der Waals surface area contributed by atoms with Gasteiger partial charge in [-0.3, -0.25) is 4.90 Å². The zero-order valence-corrected chi connectivity index (χ0v) is 13.2. The van der Waals surface area contributed by atoms with Gasteiger partial charge in [-0.05, 0) is 24.3 Å². The molecule has 0 radical (unpaired) electrons. The van der Waals surface area contributed by atoms with Crippen LogP contribution in [-0.2, 0) is 11.2 Å². The van der Waals surface area contributed by atoms with Gasteiger partial charge in [0.1, 0.15) is 5.01 Å². The lowest BCUT2D eigenvalue weighted by molar-refractivity contribution is 0.0384. The van der Waals surface area contributed by atoms with E-state index in [4.69, 9.17) is 16.3 Å². The van der Waals surface area contributed by atoms with E-state index < -0.39 is 0 Å². The predicted molar refractivity (Wildman–Crippen MR) is 85.6 cm³/mol. The van der Waals surface area contributed by atoms with Gasteiger partial charge in [-0.25, -0.2) is 0 Å². The second-order valence-corrected chi connectivity index (χ2v) is 6.34. The molecule has 1 N–H and O–H groups in total. The predicted octanol–water partition coefficient (Wildman–Crippen LogP) is 2.81. The van der Waals surface area contributed by atoms with Gasteiger partial charge >= 0.3 is 0 Å². The van der Waals surface area contributed by atoms with Crippen molar-refractivity contribution in [2.75, 3.05) is 38.2 Å². The highest BCUT2D eigenvalue weighted by Crippen LogP contribution is 2.22. The Labute approximate surface area is 132 Å². The third-order valence-electron chi connectivity index (χ3n) is 3.31. The molecule has 0 saturated carbocycles. The molecule has 1 aliphatic heterocycles. The molecule has 1 aromatic carbocycles. The number of hydrogen-bond acceptors (Lipinski definition) is 6. The number of rotatable bonds is 5. The molecule has 0 spiro atoms. The number of morpholine rings is 1. The van der Waals surface area contributed by atoms with Crippen molar-refractivity contribution >= 4 is 33.8 Å². The van der Waals surface area contributed by atoms with E-state index in [9.17, 15) is 0 Å². The maximum absolute atomic E-state index is 5.87. The van der Waals surface area contributed by atoms with Crippen LogP contribution < -0.4 is 5.32 Å². The summed E-state index contributed by atoms with van der Waals surface area (Å²) in [5.74, 6) is 0. The fourth-order valence-corrected chi connectivity index (χ4v) is 3.02. The fourth-order valence-electron chi connectivity index (χ4n) is 2.14. The van der Waals surface area contributed by atoms with Crippen molar-refractivity contribution in [3.8, 4) is 0 Å². The molecule has 7 heteroatoms. The smallest absolute Gasteiger partial charge is 0.210 e. The number of hydrogen-bond donors (Lipinski definition) is 1. The van der Waals surface area contributed by atoms with Crippen molar-refractivity contribution in [3.05, 3.63) is 34.3 Å². The summed E-state index contributed by atoms with van der Waals surface area (Å²) < 4.78 is 5.34. The zero-order chi connectivity index (χ0) is 14.5. The van der Waals surface area contributed by atoms with Crippen LogP contribution in [0.15, 0.2) is 24.3 Å². The molecule has 1 saturated heterocycles. The molecule has 0 unspecified atom stereocenters. The first-order valence-electron chi connectivity index (χ1n) is 6.95. The maximum Gasteiger partial charge on any atom is 0.210 e. The third kappa shape index (κ3) is 4.38. The first-order valence-corrected chi connectivity index (χ1v) is 8.14. The molecule has 2 aromatic rings. The Kier molecular flexibility index (Phi) is 5.03. The Morgan fingerprint density at radius 1 is 1.19 bits per heavy atom. The summed E-state index contributed by atoms with van der Waals surface area (Å²) in [6.07, 6.45) is 0.931. The third-order valence-corrected chi connectivity index (χ3v) is 4.46. The van der Waals surface area contributed by atoms with Gasteiger partial charge in [0.2, 0.25) is 5.13 Å². The molecule has 21 heavy (non-hydrogen) atoms. The number of aromatic nitrogens is 2. The highest BCUT2D eigenvalue weighted by molar-refractivity contribution is 7.15. The van der Waals surface area contributed by atoms with Crippen LogP contribution in [-0.4, -0.2) is 47.9 Å². The van der Waals surface area contributed by atoms with Crippen LogP contribution in [0.1, 0.15) is 5.01 Å². The van der Waals surface area contributed by atoms with Crippen LogP contribution in [0.2, 0.25) is 5.02 Å². The summed E-state index contributed by atoms with van der Waals surface area (Å²) in [4.78, 5) is 2.40. The Morgan fingerprint density at radius 3 is 2.71 bits per heavy atom. The number of anilines is 2. The van der Waals surface area contributed by atoms with Crippen molar-refractivity contribution in [1.29, 1.82) is 0 Å². The molecule has 0 atom stereocenters. The molecule has 112 valence electrons. The SMILES string of the molecule is Clc1ccc(Nc2nnc(CCN3CCOCC3)s2)cc1. The minimum absolute atomic E-state index is 0.726. The van der Waals surface area contributed by atoms with Gasteiger partial charge in [0.15, 0.2) is 0 Å². The molecule has 1 fully saturated rings. The standard InChI is InChI=1S/C14H17ClN4OS/c15-11-1-3-12(4-2-11)16-14-18-17-13(21-14)5-6-19-7-9-20-10-8-19/h1-4H,5-10H2,(H,16,18). The first-order chi connectivity index (χ1) is 10.3. The molecule has 1 aromatic heterocycles. The Balaban J connectivity index is 1.52. The van der Waals surface area contributed by atoms with E-state index in [2.05, 4.69) is 20.4 Å². The van der Waals surface area contributed by atoms with Crippen molar-refractivity contribution < 1.29 is 4.74 Å². The molecule has 0 aliphatic carbocycles. The van der Waals surface area contributed by atoms with Gasteiger partial charge in [0.25, 0.3) is 0 Å². The van der Waals surface area contributed by atoms with Gasteiger partial charge in [-0.15, -0.1) is 10.2 Å². The van der Waals surface area contributed by atoms with Gasteiger partial charge < -0.3 is 10.1 Å². The summed E-state index contributed by atoms with van der Waals surface area (Å²) in [5, 5.41) is 14.3. The Bertz CT molecular complexity index is 569. The number of ether oxygens (including phenoxy) is 1. The normalized spacial score (nSPS) is 16.0. The molecule has 2 heterocycles. The van der Waals surface area contributed by atoms with Crippen LogP contribution in [0.5, 0.6) is 0 Å². The highest BCUT2D eigenvalue weighted by atomic mass is 35.5. The molecule has 5 nitrogen and oxygen atoms in total. The van der Waals surface area contributed by atoms with Crippen molar-refractivity contribution in [2.24, 2.45) is 0 Å². The second kappa shape index (κ2) is 7.17. The van der Waals surface area contributed by atoms with Crippen LogP contribution in [0.3, 0.4) is 0 Å². The number of halogens is 1. The quantitative estimate of drug-likeness (QED) is 0.916. The maximum atomic E-state index is 5.87. The van der Waals surface area contributed by atoms with E-state index in [1.165, 1.54) is 0 Å². The second-order valence-electron chi connectivity index (χ2n) is 4.84. The van der Waals surface area contributed by atoms with Crippen LogP contribution >= 0.6 is 22.9 Å². The lowest BCUT2D eigenvalue weighted by Crippen LogP contribution is -2.37. The van der Waals surface area contributed by atoms with Crippen LogP contribution in [0, 0.1) is 0 Å². The molecule has 1 aliphatic rings. The molecular weight excluding hydrogens is 308 g/mol. The van der Waals surface area contributed by atoms with E-state index in [-0.39, 0.29) is 0 Å². The Hall–Kier alpha value is -1.21. The summed E-state index contributed by atoms with van der Waals surface area (Å²) in [5.41, 5.74) is 0.968. The Morgan fingerprint density at radius 2 is 1.95 bits per heavy atom. The summed E-state index contributed by atoms with van der Waals surface area (Å²) >= 11 is 7.46.